The molecular weight excluding hydrogens is 660 g/mol. The van der Waals surface area contributed by atoms with Crippen molar-refractivity contribution in [2.75, 3.05) is 38.3 Å². The molecule has 0 radical (unpaired) electrons. The number of ether oxygens (including phenoxy) is 2. The van der Waals surface area contributed by atoms with Crippen LogP contribution in [0, 0.1) is 17.8 Å². The predicted molar refractivity (Wildman–Crippen MR) is 197 cm³/mol. The third kappa shape index (κ3) is 8.55. The molecule has 2 N–H and O–H groups in total. The molecule has 2 aromatic rings. The van der Waals surface area contributed by atoms with Crippen LogP contribution in [0.1, 0.15) is 86.7 Å². The van der Waals surface area contributed by atoms with Crippen LogP contribution in [0.15, 0.2) is 61.2 Å². The van der Waals surface area contributed by atoms with Gasteiger partial charge in [-0.2, -0.15) is 0 Å². The van der Waals surface area contributed by atoms with Crippen LogP contribution in [0.3, 0.4) is 0 Å². The third-order valence-corrected chi connectivity index (χ3v) is 13.1. The quantitative estimate of drug-likeness (QED) is 0.188. The zero-order valence-corrected chi connectivity index (χ0v) is 30.8. The molecule has 1 aliphatic heterocycles. The van der Waals surface area contributed by atoms with Gasteiger partial charge in [0.05, 0.1) is 23.6 Å². The minimum absolute atomic E-state index is 0.146. The first-order valence-electron chi connectivity index (χ1n) is 17.8. The highest BCUT2D eigenvalue weighted by Crippen LogP contribution is 2.46. The van der Waals surface area contributed by atoms with E-state index in [2.05, 4.69) is 41.3 Å². The van der Waals surface area contributed by atoms with E-state index < -0.39 is 27.3 Å². The highest BCUT2D eigenvalue weighted by atomic mass is 35.5. The van der Waals surface area contributed by atoms with Crippen molar-refractivity contribution in [3.05, 3.63) is 82.9 Å². The number of allylic oxidation sites excluding steroid dienone is 2. The molecule has 0 saturated heterocycles. The Morgan fingerprint density at radius 2 is 2.08 bits per heavy atom. The molecule has 1 saturated carbocycles. The van der Waals surface area contributed by atoms with Gasteiger partial charge in [0.25, 0.3) is 5.91 Å². The summed E-state index contributed by atoms with van der Waals surface area (Å²) in [5.74, 6) is 0.136. The lowest BCUT2D eigenvalue weighted by molar-refractivity contribution is 0.0456. The van der Waals surface area contributed by atoms with Gasteiger partial charge in [0.1, 0.15) is 5.75 Å². The van der Waals surface area contributed by atoms with Gasteiger partial charge in [-0.25, -0.2) is 13.1 Å². The van der Waals surface area contributed by atoms with Crippen molar-refractivity contribution in [3.63, 3.8) is 0 Å². The van der Waals surface area contributed by atoms with E-state index in [1.807, 2.05) is 19.1 Å². The van der Waals surface area contributed by atoms with Gasteiger partial charge < -0.3 is 19.5 Å². The maximum absolute atomic E-state index is 13.7. The zero-order valence-electron chi connectivity index (χ0n) is 29.2. The van der Waals surface area contributed by atoms with Crippen LogP contribution in [0.4, 0.5) is 5.69 Å². The fourth-order valence-corrected chi connectivity index (χ4v) is 9.86. The van der Waals surface area contributed by atoms with Crippen LogP contribution in [0.2, 0.25) is 5.02 Å². The average Bonchev–Trinajstić information content (AvgIpc) is 3.20. The molecule has 5 rings (SSSR count). The van der Waals surface area contributed by atoms with Crippen molar-refractivity contribution in [2.24, 2.45) is 17.8 Å². The first-order chi connectivity index (χ1) is 23.5. The fourth-order valence-electron chi connectivity index (χ4n) is 8.01. The summed E-state index contributed by atoms with van der Waals surface area (Å²) >= 11 is 6.43. The second-order valence-corrected chi connectivity index (χ2v) is 16.6. The topological polar surface area (TPSA) is 105 Å². The van der Waals surface area contributed by atoms with Gasteiger partial charge in [0, 0.05) is 42.8 Å². The first-order valence-corrected chi connectivity index (χ1v) is 19.8. The summed E-state index contributed by atoms with van der Waals surface area (Å²) in [5, 5.41) is 11.0. The number of methoxy groups -OCH3 is 1. The van der Waals surface area contributed by atoms with Gasteiger partial charge >= 0.3 is 0 Å². The number of nitrogens with zero attached hydrogens (tertiary/aromatic N) is 1. The Bertz CT molecular complexity index is 1610. The van der Waals surface area contributed by atoms with E-state index in [9.17, 15) is 18.3 Å². The molecule has 2 aliphatic carbocycles. The van der Waals surface area contributed by atoms with Crippen LogP contribution < -0.4 is 14.4 Å². The number of aryl methyl sites for hydroxylation is 1. The maximum Gasteiger partial charge on any atom is 0.264 e. The SMILES string of the molecule is C=CCC(C)C(CCOC)S(=O)(=O)NC(=O)c1ccc2c(c1)N(C[C@@H]1CC[C@@H]1C(O)/C=C/CCC)C[C@@]1(CCCc3cc(Cl)ccc31)CO2. The van der Waals surface area contributed by atoms with Crippen molar-refractivity contribution in [2.45, 2.75) is 88.4 Å². The Morgan fingerprint density at radius 3 is 2.80 bits per heavy atom. The van der Waals surface area contributed by atoms with Gasteiger partial charge in [0.2, 0.25) is 10.0 Å². The smallest absolute Gasteiger partial charge is 0.264 e. The van der Waals surface area contributed by atoms with E-state index >= 15 is 0 Å². The number of benzene rings is 2. The lowest BCUT2D eigenvalue weighted by Crippen LogP contribution is -2.49. The van der Waals surface area contributed by atoms with Crippen LogP contribution in [0.5, 0.6) is 5.75 Å². The number of aliphatic hydroxyl groups excluding tert-OH is 1. The number of carbonyl (C=O) groups is 1. The highest BCUT2D eigenvalue weighted by molar-refractivity contribution is 7.90. The van der Waals surface area contributed by atoms with E-state index in [4.69, 9.17) is 21.1 Å². The molecular formula is C39H53ClN2O6S. The number of amides is 1. The second-order valence-electron chi connectivity index (χ2n) is 14.3. The molecule has 3 aliphatic rings. The van der Waals surface area contributed by atoms with Crippen LogP contribution in [-0.2, 0) is 26.6 Å². The molecule has 3 unspecified atom stereocenters. The van der Waals surface area contributed by atoms with Crippen molar-refractivity contribution < 1.29 is 27.8 Å². The number of anilines is 1. The van der Waals surface area contributed by atoms with Gasteiger partial charge in [-0.15, -0.1) is 6.58 Å². The third-order valence-electron chi connectivity index (χ3n) is 10.9. The van der Waals surface area contributed by atoms with E-state index in [1.54, 1.807) is 24.3 Å². The van der Waals surface area contributed by atoms with Crippen LogP contribution in [0.25, 0.3) is 0 Å². The molecule has 49 heavy (non-hydrogen) atoms. The number of aliphatic hydroxyl groups is 1. The average molecular weight is 713 g/mol. The van der Waals surface area contributed by atoms with Crippen molar-refractivity contribution in [1.29, 1.82) is 0 Å². The zero-order chi connectivity index (χ0) is 35.2. The molecule has 2 aromatic carbocycles. The Kier molecular flexibility index (Phi) is 12.6. The largest absolute Gasteiger partial charge is 0.490 e. The number of carbonyl (C=O) groups excluding carboxylic acids is 1. The molecule has 10 heteroatoms. The lowest BCUT2D eigenvalue weighted by atomic mass is 9.68. The second kappa shape index (κ2) is 16.4. The summed E-state index contributed by atoms with van der Waals surface area (Å²) in [5.41, 5.74) is 3.20. The van der Waals surface area contributed by atoms with Crippen LogP contribution >= 0.6 is 11.6 Å². The van der Waals surface area contributed by atoms with Gasteiger partial charge in [-0.1, -0.05) is 56.2 Å². The van der Waals surface area contributed by atoms with E-state index in [0.29, 0.717) is 31.9 Å². The number of hydrogen-bond donors (Lipinski definition) is 2. The Hall–Kier alpha value is -2.85. The van der Waals surface area contributed by atoms with Crippen molar-refractivity contribution in [1.82, 2.24) is 4.72 Å². The molecule has 0 bridgehead atoms. The number of unbranched alkanes of at least 4 members (excludes halogenated alkanes) is 1. The highest BCUT2D eigenvalue weighted by Gasteiger charge is 2.44. The molecule has 1 spiro atoms. The summed E-state index contributed by atoms with van der Waals surface area (Å²) in [6.07, 6.45) is 12.8. The maximum atomic E-state index is 13.7. The number of halogens is 1. The molecule has 6 atom stereocenters. The Labute approximate surface area is 298 Å². The fraction of sp³-hybridized carbons (Fsp3) is 0.564. The summed E-state index contributed by atoms with van der Waals surface area (Å²) in [4.78, 5) is 16.0. The number of rotatable bonds is 15. The minimum Gasteiger partial charge on any atom is -0.490 e. The molecule has 0 aromatic heterocycles. The molecule has 268 valence electrons. The molecule has 1 amide bonds. The van der Waals surface area contributed by atoms with Gasteiger partial charge in [0.15, 0.2) is 0 Å². The van der Waals surface area contributed by atoms with E-state index in [-0.39, 0.29) is 41.8 Å². The molecule has 8 nitrogen and oxygen atoms in total. The number of hydrogen-bond acceptors (Lipinski definition) is 7. The van der Waals surface area contributed by atoms with Crippen LogP contribution in [-0.4, -0.2) is 64.2 Å². The lowest BCUT2D eigenvalue weighted by Gasteiger charge is -2.45. The summed E-state index contributed by atoms with van der Waals surface area (Å²) < 4.78 is 41.3. The summed E-state index contributed by atoms with van der Waals surface area (Å²) in [6, 6.07) is 11.4. The monoisotopic (exact) mass is 712 g/mol. The first kappa shape index (κ1) is 37.4. The Morgan fingerprint density at radius 1 is 1.27 bits per heavy atom. The normalized spacial score (nSPS) is 23.8. The predicted octanol–water partition coefficient (Wildman–Crippen LogP) is 7.23. The van der Waals surface area contributed by atoms with Crippen molar-refractivity contribution >= 4 is 33.2 Å². The molecule has 1 fully saturated rings. The minimum atomic E-state index is -4.02. The van der Waals surface area contributed by atoms with Gasteiger partial charge in [-0.05, 0) is 111 Å². The standard InChI is InChI=1S/C39H53ClN2O6S/c1-5-7-8-12-35(43)32-16-13-30(32)24-42-25-39(20-9-11-28-22-31(40)15-17-33(28)39)26-48-36-18-14-29(23-34(36)42)38(44)41-49(45,46)37(19-21-47-4)27(3)10-6-2/h6,8,12,14-15,17-18,22-23,27,30,32,35,37,43H,2,5,7,9-11,13,16,19-21,24-26H2,1,3-4H3,(H,41,44)/b12-8+/t27?,30-,32-,35?,37?,39-/m0/s1. The summed E-state index contributed by atoms with van der Waals surface area (Å²) in [7, 11) is -2.49. The molecule has 1 heterocycles. The van der Waals surface area contributed by atoms with Crippen molar-refractivity contribution in [3.8, 4) is 5.75 Å². The van der Waals surface area contributed by atoms with Gasteiger partial charge in [-0.3, -0.25) is 4.79 Å². The number of nitrogens with one attached hydrogen (secondary N) is 1. The number of sulfonamides is 1. The van der Waals surface area contributed by atoms with E-state index in [0.717, 1.165) is 55.7 Å². The Balaban J connectivity index is 1.47. The van der Waals surface area contributed by atoms with E-state index in [1.165, 1.54) is 18.2 Å². The number of fused-ring (bicyclic) bond motifs is 3. The summed E-state index contributed by atoms with van der Waals surface area (Å²) in [6.45, 7) is 9.83.